The molecule has 0 spiro atoms. The summed E-state index contributed by atoms with van der Waals surface area (Å²) in [5.41, 5.74) is 1.84. The first-order valence-electron chi connectivity index (χ1n) is 11.3. The van der Waals surface area contributed by atoms with Crippen LogP contribution in [-0.2, 0) is 25.5 Å². The number of hydrogen-bond donors (Lipinski definition) is 2. The highest BCUT2D eigenvalue weighted by molar-refractivity contribution is 5.94. The molecule has 0 radical (unpaired) electrons. The van der Waals surface area contributed by atoms with E-state index in [9.17, 15) is 4.79 Å². The van der Waals surface area contributed by atoms with Crippen LogP contribution in [0.3, 0.4) is 0 Å². The topological polar surface area (TPSA) is 84.4 Å². The minimum absolute atomic E-state index is 0.0673. The molecule has 3 rings (SSSR count). The highest BCUT2D eigenvalue weighted by atomic mass is 16.5. The fourth-order valence-electron chi connectivity index (χ4n) is 3.90. The minimum Gasteiger partial charge on any atom is -0.382 e. The van der Waals surface area contributed by atoms with E-state index in [0.717, 1.165) is 62.7 Å². The van der Waals surface area contributed by atoms with Gasteiger partial charge in [0, 0.05) is 45.0 Å². The number of rotatable bonds is 10. The first-order chi connectivity index (χ1) is 15.2. The standard InChI is InChI=1S/C23H36N4O4/c1-3-24-23(27-10-9-19(16-27)17-30-13-12-29-2)25-15-18-6-4-7-20(14-18)26-22(28)21-8-5-11-31-21/h4,6-7,14,19,21H,3,5,8-13,15-17H2,1-2H3,(H,24,25)(H,26,28). The molecule has 2 aliphatic rings. The van der Waals surface area contributed by atoms with E-state index < -0.39 is 0 Å². The van der Waals surface area contributed by atoms with E-state index in [1.54, 1.807) is 7.11 Å². The lowest BCUT2D eigenvalue weighted by atomic mass is 10.1. The van der Waals surface area contributed by atoms with E-state index in [0.29, 0.717) is 32.3 Å². The minimum atomic E-state index is -0.330. The molecule has 2 saturated heterocycles. The average Bonchev–Trinajstić information content (AvgIpc) is 3.47. The van der Waals surface area contributed by atoms with Crippen molar-refractivity contribution in [3.8, 4) is 0 Å². The molecule has 1 aromatic carbocycles. The lowest BCUT2D eigenvalue weighted by Gasteiger charge is -2.21. The molecule has 0 aromatic heterocycles. The van der Waals surface area contributed by atoms with Crippen LogP contribution in [0.5, 0.6) is 0 Å². The first-order valence-corrected chi connectivity index (χ1v) is 11.3. The third-order valence-electron chi connectivity index (χ3n) is 5.53. The Kier molecular flexibility index (Phi) is 9.58. The van der Waals surface area contributed by atoms with E-state index in [1.807, 2.05) is 24.3 Å². The molecule has 1 aromatic rings. The third kappa shape index (κ3) is 7.48. The number of likely N-dealkylation sites (tertiary alicyclic amines) is 1. The monoisotopic (exact) mass is 432 g/mol. The number of nitrogens with one attached hydrogen (secondary N) is 2. The normalized spacial score (nSPS) is 21.5. The van der Waals surface area contributed by atoms with Gasteiger partial charge in [-0.25, -0.2) is 4.99 Å². The fraction of sp³-hybridized carbons (Fsp3) is 0.652. The average molecular weight is 433 g/mol. The van der Waals surface area contributed by atoms with Crippen molar-refractivity contribution in [2.24, 2.45) is 10.9 Å². The van der Waals surface area contributed by atoms with Crippen molar-refractivity contribution in [1.82, 2.24) is 10.2 Å². The van der Waals surface area contributed by atoms with Gasteiger partial charge in [-0.05, 0) is 43.9 Å². The molecule has 8 nitrogen and oxygen atoms in total. The molecule has 0 bridgehead atoms. The second-order valence-corrected chi connectivity index (χ2v) is 8.03. The number of amides is 1. The molecule has 8 heteroatoms. The smallest absolute Gasteiger partial charge is 0.253 e. The fourth-order valence-corrected chi connectivity index (χ4v) is 3.90. The molecule has 2 unspecified atom stereocenters. The van der Waals surface area contributed by atoms with Crippen molar-refractivity contribution in [3.63, 3.8) is 0 Å². The van der Waals surface area contributed by atoms with Gasteiger partial charge < -0.3 is 29.7 Å². The molecular weight excluding hydrogens is 396 g/mol. The molecule has 2 aliphatic heterocycles. The zero-order valence-electron chi connectivity index (χ0n) is 18.8. The summed E-state index contributed by atoms with van der Waals surface area (Å²) < 4.78 is 16.2. The lowest BCUT2D eigenvalue weighted by Crippen LogP contribution is -2.40. The highest BCUT2D eigenvalue weighted by Gasteiger charge is 2.25. The van der Waals surface area contributed by atoms with Crippen LogP contribution in [0.2, 0.25) is 0 Å². The van der Waals surface area contributed by atoms with E-state index in [-0.39, 0.29) is 12.0 Å². The number of benzene rings is 1. The summed E-state index contributed by atoms with van der Waals surface area (Å²) in [7, 11) is 1.69. The van der Waals surface area contributed by atoms with E-state index >= 15 is 0 Å². The number of ether oxygens (including phenoxy) is 3. The number of nitrogens with zero attached hydrogens (tertiary/aromatic N) is 2. The van der Waals surface area contributed by atoms with Crippen molar-refractivity contribution in [2.45, 2.75) is 38.8 Å². The quantitative estimate of drug-likeness (QED) is 0.335. The van der Waals surface area contributed by atoms with Crippen LogP contribution in [0.1, 0.15) is 31.7 Å². The summed E-state index contributed by atoms with van der Waals surface area (Å²) in [6.07, 6.45) is 2.50. The van der Waals surface area contributed by atoms with Crippen molar-refractivity contribution >= 4 is 17.6 Å². The van der Waals surface area contributed by atoms with Crippen molar-refractivity contribution < 1.29 is 19.0 Å². The summed E-state index contributed by atoms with van der Waals surface area (Å²) in [4.78, 5) is 19.4. The van der Waals surface area contributed by atoms with E-state index in [1.165, 1.54) is 0 Å². The van der Waals surface area contributed by atoms with E-state index in [4.69, 9.17) is 19.2 Å². The molecular formula is C23H36N4O4. The van der Waals surface area contributed by atoms with E-state index in [2.05, 4.69) is 22.5 Å². The van der Waals surface area contributed by atoms with Gasteiger partial charge in [0.1, 0.15) is 6.10 Å². The summed E-state index contributed by atoms with van der Waals surface area (Å²) in [6, 6.07) is 7.87. The number of aliphatic imine (C=N–C) groups is 1. The summed E-state index contributed by atoms with van der Waals surface area (Å²) in [5.74, 6) is 1.37. The summed E-state index contributed by atoms with van der Waals surface area (Å²) >= 11 is 0. The van der Waals surface area contributed by atoms with Gasteiger partial charge in [-0.2, -0.15) is 0 Å². The van der Waals surface area contributed by atoms with Gasteiger partial charge in [0.25, 0.3) is 5.91 Å². The maximum atomic E-state index is 12.3. The number of anilines is 1. The molecule has 0 saturated carbocycles. The molecule has 2 N–H and O–H groups in total. The van der Waals surface area contributed by atoms with Crippen LogP contribution in [-0.4, -0.2) is 76.0 Å². The second-order valence-electron chi connectivity index (χ2n) is 8.03. The Morgan fingerprint density at radius 1 is 1.32 bits per heavy atom. The van der Waals surface area contributed by atoms with Crippen LogP contribution >= 0.6 is 0 Å². The Hall–Kier alpha value is -2.16. The molecule has 0 aliphatic carbocycles. The number of methoxy groups -OCH3 is 1. The molecule has 2 heterocycles. The maximum absolute atomic E-state index is 12.3. The molecule has 31 heavy (non-hydrogen) atoms. The molecule has 1 amide bonds. The van der Waals surface area contributed by atoms with Gasteiger partial charge >= 0.3 is 0 Å². The summed E-state index contributed by atoms with van der Waals surface area (Å²) in [5, 5.41) is 6.37. The lowest BCUT2D eigenvalue weighted by molar-refractivity contribution is -0.124. The molecule has 2 atom stereocenters. The van der Waals surface area contributed by atoms with Gasteiger partial charge in [-0.3, -0.25) is 4.79 Å². The Morgan fingerprint density at radius 2 is 2.23 bits per heavy atom. The van der Waals surface area contributed by atoms with Crippen molar-refractivity contribution in [3.05, 3.63) is 29.8 Å². The zero-order chi connectivity index (χ0) is 21.9. The number of hydrogen-bond acceptors (Lipinski definition) is 5. The maximum Gasteiger partial charge on any atom is 0.253 e. The predicted molar refractivity (Wildman–Crippen MR) is 121 cm³/mol. The Balaban J connectivity index is 1.53. The highest BCUT2D eigenvalue weighted by Crippen LogP contribution is 2.19. The number of guanidine groups is 1. The third-order valence-corrected chi connectivity index (χ3v) is 5.53. The Morgan fingerprint density at radius 3 is 3.00 bits per heavy atom. The number of carbonyl (C=O) groups excluding carboxylic acids is 1. The number of carbonyl (C=O) groups is 1. The van der Waals surface area contributed by atoms with Crippen molar-refractivity contribution in [1.29, 1.82) is 0 Å². The van der Waals surface area contributed by atoms with Crippen LogP contribution < -0.4 is 10.6 Å². The van der Waals surface area contributed by atoms with Gasteiger partial charge in [-0.1, -0.05) is 12.1 Å². The zero-order valence-corrected chi connectivity index (χ0v) is 18.8. The first kappa shape index (κ1) is 23.5. The van der Waals surface area contributed by atoms with Gasteiger partial charge in [0.15, 0.2) is 5.96 Å². The Labute approximate surface area is 185 Å². The molecule has 172 valence electrons. The van der Waals surface area contributed by atoms with Gasteiger partial charge in [0.2, 0.25) is 0 Å². The van der Waals surface area contributed by atoms with Gasteiger partial charge in [-0.15, -0.1) is 0 Å². The van der Waals surface area contributed by atoms with Crippen LogP contribution in [0.15, 0.2) is 29.3 Å². The van der Waals surface area contributed by atoms with Gasteiger partial charge in [0.05, 0.1) is 26.4 Å². The van der Waals surface area contributed by atoms with Crippen LogP contribution in [0.4, 0.5) is 5.69 Å². The SMILES string of the molecule is CCNC(=NCc1cccc(NC(=O)C2CCCO2)c1)N1CCC(COCCOC)C1. The largest absolute Gasteiger partial charge is 0.382 e. The van der Waals surface area contributed by atoms with Crippen LogP contribution in [0, 0.1) is 5.92 Å². The predicted octanol–water partition coefficient (Wildman–Crippen LogP) is 2.25. The Bertz CT molecular complexity index is 721. The van der Waals surface area contributed by atoms with Crippen LogP contribution in [0.25, 0.3) is 0 Å². The second kappa shape index (κ2) is 12.6. The van der Waals surface area contributed by atoms with Crippen molar-refractivity contribution in [2.75, 3.05) is 58.5 Å². The molecule has 2 fully saturated rings. The summed E-state index contributed by atoms with van der Waals surface area (Å²) in [6.45, 7) is 8.06.